The Morgan fingerprint density at radius 1 is 1.23 bits per heavy atom. The normalized spacial score (nSPS) is 23.3. The molecule has 0 aromatic heterocycles. The van der Waals surface area contributed by atoms with Gasteiger partial charge in [0.05, 0.1) is 31.5 Å². The largest absolute Gasteiger partial charge is 0.456 e. The fourth-order valence-corrected chi connectivity index (χ4v) is 4.33. The lowest BCUT2D eigenvalue weighted by Crippen LogP contribution is -2.30. The Labute approximate surface area is 211 Å². The van der Waals surface area contributed by atoms with Gasteiger partial charge in [-0.1, -0.05) is 54.2 Å². The van der Waals surface area contributed by atoms with E-state index in [0.717, 1.165) is 37.7 Å². The van der Waals surface area contributed by atoms with Crippen LogP contribution in [0, 0.1) is 0 Å². The van der Waals surface area contributed by atoms with Crippen LogP contribution >= 0.6 is 0 Å². The van der Waals surface area contributed by atoms with Crippen molar-refractivity contribution < 1.29 is 29.2 Å². The molecule has 0 amide bonds. The summed E-state index contributed by atoms with van der Waals surface area (Å²) < 4.78 is 16.9. The van der Waals surface area contributed by atoms with Crippen molar-refractivity contribution in [1.29, 1.82) is 0 Å². The fourth-order valence-electron chi connectivity index (χ4n) is 4.33. The van der Waals surface area contributed by atoms with Gasteiger partial charge in [-0.2, -0.15) is 0 Å². The lowest BCUT2D eigenvalue weighted by Gasteiger charge is -2.23. The van der Waals surface area contributed by atoms with Gasteiger partial charge in [0.25, 0.3) is 0 Å². The maximum Gasteiger partial charge on any atom is 0.330 e. The van der Waals surface area contributed by atoms with Gasteiger partial charge in [0.1, 0.15) is 12.2 Å². The molecule has 0 aromatic rings. The predicted octanol–water partition coefficient (Wildman–Crippen LogP) is 5.12. The van der Waals surface area contributed by atoms with Crippen LogP contribution in [0.2, 0.25) is 0 Å². The summed E-state index contributed by atoms with van der Waals surface area (Å²) in [5.74, 6) is -0.482. The molecule has 196 valence electrons. The zero-order valence-electron chi connectivity index (χ0n) is 21.4. The van der Waals surface area contributed by atoms with Crippen molar-refractivity contribution in [1.82, 2.24) is 0 Å². The van der Waals surface area contributed by atoms with E-state index < -0.39 is 24.3 Å². The van der Waals surface area contributed by atoms with E-state index in [0.29, 0.717) is 45.0 Å². The number of carbonyl (C=O) groups is 1. The Hall–Kier alpha value is -1.99. The topological polar surface area (TPSA) is 85.2 Å². The quantitative estimate of drug-likeness (QED) is 0.189. The number of aliphatic hydroxyl groups excluding tert-OH is 2. The van der Waals surface area contributed by atoms with Crippen molar-refractivity contribution >= 4 is 5.97 Å². The van der Waals surface area contributed by atoms with Gasteiger partial charge in [0, 0.05) is 6.08 Å². The third-order valence-electron chi connectivity index (χ3n) is 6.34. The molecule has 2 aliphatic rings. The maximum absolute atomic E-state index is 12.0. The molecule has 0 bridgehead atoms. The van der Waals surface area contributed by atoms with Crippen molar-refractivity contribution in [3.05, 3.63) is 60.3 Å². The molecule has 0 fully saturated rings. The van der Waals surface area contributed by atoms with Crippen LogP contribution in [0.5, 0.6) is 0 Å². The minimum absolute atomic E-state index is 0.0875. The highest BCUT2D eigenvalue weighted by Gasteiger charge is 2.22. The summed E-state index contributed by atoms with van der Waals surface area (Å²) in [7, 11) is 0. The molecule has 2 N–H and O–H groups in total. The lowest BCUT2D eigenvalue weighted by atomic mass is 9.97. The highest BCUT2D eigenvalue weighted by Crippen LogP contribution is 2.21. The van der Waals surface area contributed by atoms with Gasteiger partial charge in [-0.15, -0.1) is 0 Å². The summed E-state index contributed by atoms with van der Waals surface area (Å²) >= 11 is 0. The highest BCUT2D eigenvalue weighted by atomic mass is 16.6. The van der Waals surface area contributed by atoms with Crippen LogP contribution in [0.25, 0.3) is 0 Å². The molecule has 35 heavy (non-hydrogen) atoms. The number of hydrogen-bond donors (Lipinski definition) is 2. The molecule has 0 aliphatic carbocycles. The van der Waals surface area contributed by atoms with E-state index in [4.69, 9.17) is 14.2 Å². The number of carbonyl (C=O) groups excluding carboxylic acids is 1. The van der Waals surface area contributed by atoms with Gasteiger partial charge in [-0.3, -0.25) is 0 Å². The lowest BCUT2D eigenvalue weighted by molar-refractivity contribution is -0.147. The van der Waals surface area contributed by atoms with Gasteiger partial charge in [-0.25, -0.2) is 4.79 Å². The van der Waals surface area contributed by atoms with Crippen LogP contribution in [0.1, 0.15) is 71.6 Å². The first kappa shape index (κ1) is 29.2. The summed E-state index contributed by atoms with van der Waals surface area (Å²) in [5.41, 5.74) is 2.30. The number of hydrogen-bond acceptors (Lipinski definition) is 6. The van der Waals surface area contributed by atoms with Gasteiger partial charge in [0.15, 0.2) is 0 Å². The average Bonchev–Trinajstić information content (AvgIpc) is 2.83. The predicted molar refractivity (Wildman–Crippen MR) is 139 cm³/mol. The molecule has 6 nitrogen and oxygen atoms in total. The van der Waals surface area contributed by atoms with Crippen LogP contribution in [0.4, 0.5) is 0 Å². The van der Waals surface area contributed by atoms with E-state index in [9.17, 15) is 15.0 Å². The Balaban J connectivity index is 1.74. The first-order valence-electron chi connectivity index (χ1n) is 13.0. The summed E-state index contributed by atoms with van der Waals surface area (Å²) in [4.78, 5) is 12.0. The zero-order valence-corrected chi connectivity index (χ0v) is 21.4. The van der Waals surface area contributed by atoms with Crippen LogP contribution in [0.15, 0.2) is 60.3 Å². The van der Waals surface area contributed by atoms with E-state index in [1.165, 1.54) is 11.6 Å². The number of allylic oxidation sites excluding steroid dienone is 1. The molecular formula is C29H44O6. The Morgan fingerprint density at radius 2 is 2.06 bits per heavy atom. The molecule has 6 heteroatoms. The first-order chi connectivity index (χ1) is 16.9. The number of aliphatic hydroxyl groups is 2. The zero-order chi connectivity index (χ0) is 25.5. The second-order valence-corrected chi connectivity index (χ2v) is 9.57. The molecule has 5 atom stereocenters. The number of ether oxygens (including phenoxy) is 3. The molecule has 2 heterocycles. The fraction of sp³-hybridized carbons (Fsp3) is 0.621. The Bertz CT molecular complexity index is 765. The van der Waals surface area contributed by atoms with E-state index in [1.54, 1.807) is 19.1 Å². The smallest absolute Gasteiger partial charge is 0.330 e. The molecule has 2 aliphatic heterocycles. The van der Waals surface area contributed by atoms with Gasteiger partial charge >= 0.3 is 5.97 Å². The third kappa shape index (κ3) is 12.5. The highest BCUT2D eigenvalue weighted by molar-refractivity contribution is 5.82. The van der Waals surface area contributed by atoms with Gasteiger partial charge in [0.2, 0.25) is 0 Å². The monoisotopic (exact) mass is 488 g/mol. The third-order valence-corrected chi connectivity index (χ3v) is 6.34. The van der Waals surface area contributed by atoms with Crippen LogP contribution in [-0.4, -0.2) is 59.9 Å². The first-order valence-corrected chi connectivity index (χ1v) is 13.0. The summed E-state index contributed by atoms with van der Waals surface area (Å²) in [6, 6.07) is 0. The molecule has 0 aromatic carbocycles. The van der Waals surface area contributed by atoms with Crippen molar-refractivity contribution in [2.75, 3.05) is 13.2 Å². The van der Waals surface area contributed by atoms with Crippen LogP contribution in [-0.2, 0) is 19.0 Å². The van der Waals surface area contributed by atoms with Crippen LogP contribution < -0.4 is 0 Å². The SMILES string of the molecule is C=C(CCCC1CC=CCO1)CC(O)CCCC(OC(=O)/C=C\C)C(O)/C=C/C1CC(C)=CCO1. The molecular weight excluding hydrogens is 444 g/mol. The van der Waals surface area contributed by atoms with E-state index >= 15 is 0 Å². The average molecular weight is 489 g/mol. The van der Waals surface area contributed by atoms with E-state index in [1.807, 2.05) is 12.2 Å². The number of esters is 1. The molecule has 0 saturated carbocycles. The van der Waals surface area contributed by atoms with Crippen molar-refractivity contribution in [2.24, 2.45) is 0 Å². The van der Waals surface area contributed by atoms with E-state index in [2.05, 4.69) is 25.7 Å². The van der Waals surface area contributed by atoms with Gasteiger partial charge < -0.3 is 24.4 Å². The maximum atomic E-state index is 12.0. The second-order valence-electron chi connectivity index (χ2n) is 9.57. The summed E-state index contributed by atoms with van der Waals surface area (Å²) in [6.07, 6.45) is 17.6. The molecule has 0 saturated heterocycles. The Kier molecular flexibility index (Phi) is 13.9. The standard InChI is InChI=1S/C29H44O6/c1-4-9-29(32)35-28(27(31)16-15-26-21-23(3)17-19-34-26)14-8-11-24(30)20-22(2)10-7-13-25-12-5-6-18-33-25/h4-6,9,15-17,24-28,30-31H,2,7-8,10-14,18-21H2,1,3H3/b9-4-,16-15+. The molecule has 0 spiro atoms. The van der Waals surface area contributed by atoms with Crippen molar-refractivity contribution in [3.63, 3.8) is 0 Å². The molecule has 0 radical (unpaired) electrons. The minimum atomic E-state index is -0.942. The van der Waals surface area contributed by atoms with Gasteiger partial charge in [-0.05, 0) is 71.6 Å². The second kappa shape index (κ2) is 16.6. The Morgan fingerprint density at radius 3 is 2.77 bits per heavy atom. The minimum Gasteiger partial charge on any atom is -0.456 e. The number of rotatable bonds is 15. The van der Waals surface area contributed by atoms with E-state index in [-0.39, 0.29) is 6.10 Å². The summed E-state index contributed by atoms with van der Waals surface area (Å²) in [5, 5.41) is 21.2. The molecule has 5 unspecified atom stereocenters. The van der Waals surface area contributed by atoms with Crippen molar-refractivity contribution in [2.45, 2.75) is 102 Å². The van der Waals surface area contributed by atoms with Crippen LogP contribution in [0.3, 0.4) is 0 Å². The molecule has 2 rings (SSSR count). The summed E-state index contributed by atoms with van der Waals surface area (Å²) in [6.45, 7) is 9.19. The van der Waals surface area contributed by atoms with Crippen molar-refractivity contribution in [3.8, 4) is 0 Å².